The maximum absolute atomic E-state index is 14.1. The van der Waals surface area contributed by atoms with Crippen LogP contribution in [-0.2, 0) is 12.0 Å². The molecule has 1 aromatic rings. The Morgan fingerprint density at radius 1 is 1.18 bits per heavy atom. The van der Waals surface area contributed by atoms with Crippen LogP contribution in [0.15, 0.2) is 12.1 Å². The summed E-state index contributed by atoms with van der Waals surface area (Å²) in [5.41, 5.74) is 7.73. The zero-order valence-electron chi connectivity index (χ0n) is 9.97. The minimum absolute atomic E-state index is 0.154. The van der Waals surface area contributed by atoms with E-state index in [0.29, 0.717) is 6.61 Å². The van der Waals surface area contributed by atoms with E-state index in [1.807, 2.05) is 0 Å². The Morgan fingerprint density at radius 3 is 2.71 bits per heavy atom. The van der Waals surface area contributed by atoms with Crippen molar-refractivity contribution >= 4 is 0 Å². The van der Waals surface area contributed by atoms with Crippen molar-refractivity contribution < 1.29 is 9.13 Å². The number of nitrogens with two attached hydrogens (primary N) is 1. The predicted molar refractivity (Wildman–Crippen MR) is 64.5 cm³/mol. The lowest BCUT2D eigenvalue weighted by molar-refractivity contribution is 0.291. The molecule has 2 N–H and O–H groups in total. The summed E-state index contributed by atoms with van der Waals surface area (Å²) in [6.45, 7) is 0.655. The van der Waals surface area contributed by atoms with E-state index in [-0.39, 0.29) is 5.82 Å². The molecule has 0 atom stereocenters. The molecule has 1 aliphatic carbocycles. The Hall–Kier alpha value is -1.09. The van der Waals surface area contributed by atoms with Gasteiger partial charge in [0.25, 0.3) is 0 Å². The average Bonchev–Trinajstić information content (AvgIpc) is 2.77. The normalized spacial score (nSPS) is 22.0. The highest BCUT2D eigenvalue weighted by Gasteiger charge is 2.36. The first kappa shape index (κ1) is 11.0. The van der Waals surface area contributed by atoms with E-state index >= 15 is 0 Å². The zero-order valence-corrected chi connectivity index (χ0v) is 9.97. The quantitative estimate of drug-likeness (QED) is 0.812. The molecule has 92 valence electrons. The highest BCUT2D eigenvalue weighted by molar-refractivity contribution is 5.47. The van der Waals surface area contributed by atoms with Crippen LogP contribution in [0.5, 0.6) is 5.75 Å². The van der Waals surface area contributed by atoms with Crippen LogP contribution in [0.2, 0.25) is 0 Å². The summed E-state index contributed by atoms with van der Waals surface area (Å²) in [7, 11) is 0. The van der Waals surface area contributed by atoms with Crippen LogP contribution in [0.1, 0.15) is 43.2 Å². The number of fused-ring (bicyclic) bond motifs is 1. The van der Waals surface area contributed by atoms with E-state index in [9.17, 15) is 4.39 Å². The van der Waals surface area contributed by atoms with Gasteiger partial charge in [-0.2, -0.15) is 0 Å². The lowest BCUT2D eigenvalue weighted by atomic mass is 9.75. The first-order valence-corrected chi connectivity index (χ1v) is 6.44. The molecule has 2 aliphatic rings. The second-order valence-electron chi connectivity index (χ2n) is 5.21. The molecule has 0 aromatic heterocycles. The van der Waals surface area contributed by atoms with Gasteiger partial charge in [0.2, 0.25) is 0 Å². The Labute approximate surface area is 101 Å². The molecular formula is C14H18FNO. The van der Waals surface area contributed by atoms with Gasteiger partial charge < -0.3 is 10.5 Å². The molecule has 17 heavy (non-hydrogen) atoms. The van der Waals surface area contributed by atoms with E-state index in [2.05, 4.69) is 0 Å². The highest BCUT2D eigenvalue weighted by Crippen LogP contribution is 2.42. The van der Waals surface area contributed by atoms with Gasteiger partial charge in [-0.05, 0) is 25.0 Å². The first-order chi connectivity index (χ1) is 8.21. The van der Waals surface area contributed by atoms with Crippen LogP contribution >= 0.6 is 0 Å². The van der Waals surface area contributed by atoms with E-state index in [1.54, 1.807) is 6.07 Å². The van der Waals surface area contributed by atoms with Gasteiger partial charge in [-0.25, -0.2) is 4.39 Å². The van der Waals surface area contributed by atoms with Crippen LogP contribution in [0.25, 0.3) is 0 Å². The summed E-state index contributed by atoms with van der Waals surface area (Å²) < 4.78 is 19.6. The largest absolute Gasteiger partial charge is 0.493 e. The Kier molecular flexibility index (Phi) is 2.58. The van der Waals surface area contributed by atoms with Gasteiger partial charge >= 0.3 is 0 Å². The van der Waals surface area contributed by atoms with Gasteiger partial charge in [0.1, 0.15) is 11.6 Å². The molecule has 3 rings (SSSR count). The third-order valence-electron chi connectivity index (χ3n) is 4.07. The molecule has 0 radical (unpaired) electrons. The van der Waals surface area contributed by atoms with Crippen molar-refractivity contribution in [3.63, 3.8) is 0 Å². The summed E-state index contributed by atoms with van der Waals surface area (Å²) in [5, 5.41) is 0. The minimum Gasteiger partial charge on any atom is -0.493 e. The number of hydrogen-bond acceptors (Lipinski definition) is 2. The number of ether oxygens (including phenoxy) is 1. The number of benzene rings is 1. The first-order valence-electron chi connectivity index (χ1n) is 6.44. The predicted octanol–water partition coefficient (Wildman–Crippen LogP) is 2.88. The second-order valence-corrected chi connectivity index (χ2v) is 5.21. The summed E-state index contributed by atoms with van der Waals surface area (Å²) in [6, 6.07) is 3.23. The van der Waals surface area contributed by atoms with Crippen molar-refractivity contribution in [1.82, 2.24) is 0 Å². The van der Waals surface area contributed by atoms with Crippen LogP contribution in [0.3, 0.4) is 0 Å². The Morgan fingerprint density at radius 2 is 1.94 bits per heavy atom. The third kappa shape index (κ3) is 1.73. The zero-order chi connectivity index (χ0) is 11.9. The van der Waals surface area contributed by atoms with Gasteiger partial charge in [-0.1, -0.05) is 19.3 Å². The molecule has 1 heterocycles. The van der Waals surface area contributed by atoms with Crippen LogP contribution in [0.4, 0.5) is 4.39 Å². The Balaban J connectivity index is 2.10. The fourth-order valence-electron chi connectivity index (χ4n) is 3.22. The van der Waals surface area contributed by atoms with Crippen molar-refractivity contribution in [2.75, 3.05) is 6.61 Å². The minimum atomic E-state index is -0.471. The average molecular weight is 235 g/mol. The van der Waals surface area contributed by atoms with Crippen LogP contribution in [0, 0.1) is 5.82 Å². The van der Waals surface area contributed by atoms with Crippen molar-refractivity contribution in [3.8, 4) is 5.75 Å². The maximum Gasteiger partial charge on any atom is 0.128 e. The lowest BCUT2D eigenvalue weighted by Gasteiger charge is -2.35. The number of rotatable bonds is 1. The van der Waals surface area contributed by atoms with Gasteiger partial charge in [0, 0.05) is 23.1 Å². The smallest absolute Gasteiger partial charge is 0.128 e. The molecule has 1 aliphatic heterocycles. The molecule has 0 bridgehead atoms. The maximum atomic E-state index is 14.1. The molecule has 1 fully saturated rings. The SMILES string of the molecule is NC1(c2c(F)ccc3c2CCO3)CCCCC1. The van der Waals surface area contributed by atoms with Crippen molar-refractivity contribution in [2.45, 2.75) is 44.1 Å². The standard InChI is InChI=1S/C14H18FNO/c15-11-4-5-12-10(6-9-17-12)13(11)14(16)7-2-1-3-8-14/h4-5H,1-3,6-9,16H2. The summed E-state index contributed by atoms with van der Waals surface area (Å²) >= 11 is 0. The molecule has 0 saturated heterocycles. The molecule has 0 spiro atoms. The summed E-state index contributed by atoms with van der Waals surface area (Å²) in [4.78, 5) is 0. The molecule has 1 aromatic carbocycles. The number of halogens is 1. The van der Waals surface area contributed by atoms with Gasteiger partial charge in [-0.3, -0.25) is 0 Å². The second kappa shape index (κ2) is 3.98. The summed E-state index contributed by atoms with van der Waals surface area (Å²) in [5.74, 6) is 0.676. The molecule has 2 nitrogen and oxygen atoms in total. The topological polar surface area (TPSA) is 35.2 Å². The van der Waals surface area contributed by atoms with Gasteiger partial charge in [-0.15, -0.1) is 0 Å². The monoisotopic (exact) mass is 235 g/mol. The Bertz CT molecular complexity index is 438. The third-order valence-corrected chi connectivity index (χ3v) is 4.07. The molecule has 3 heteroatoms. The fraction of sp³-hybridized carbons (Fsp3) is 0.571. The van der Waals surface area contributed by atoms with Crippen LogP contribution < -0.4 is 10.5 Å². The van der Waals surface area contributed by atoms with Crippen molar-refractivity contribution in [2.24, 2.45) is 5.73 Å². The fourth-order valence-corrected chi connectivity index (χ4v) is 3.22. The van der Waals surface area contributed by atoms with E-state index in [4.69, 9.17) is 10.5 Å². The van der Waals surface area contributed by atoms with Gasteiger partial charge in [0.15, 0.2) is 0 Å². The number of hydrogen-bond donors (Lipinski definition) is 1. The van der Waals surface area contributed by atoms with Crippen molar-refractivity contribution in [1.29, 1.82) is 0 Å². The van der Waals surface area contributed by atoms with Crippen LogP contribution in [-0.4, -0.2) is 6.61 Å². The molecule has 0 unspecified atom stereocenters. The summed E-state index contributed by atoms with van der Waals surface area (Å²) in [6.07, 6.45) is 5.98. The molecule has 0 amide bonds. The molecule has 1 saturated carbocycles. The molecular weight excluding hydrogens is 217 g/mol. The lowest BCUT2D eigenvalue weighted by Crippen LogP contribution is -2.40. The van der Waals surface area contributed by atoms with Gasteiger partial charge in [0.05, 0.1) is 6.61 Å². The van der Waals surface area contributed by atoms with E-state index < -0.39 is 5.54 Å². The highest BCUT2D eigenvalue weighted by atomic mass is 19.1. The van der Waals surface area contributed by atoms with E-state index in [1.165, 1.54) is 12.5 Å². The van der Waals surface area contributed by atoms with Crippen molar-refractivity contribution in [3.05, 3.63) is 29.1 Å². The van der Waals surface area contributed by atoms with E-state index in [0.717, 1.165) is 49.0 Å².